The Balaban J connectivity index is 1.74. The van der Waals surface area contributed by atoms with E-state index in [1.54, 1.807) is 69.8 Å². The van der Waals surface area contributed by atoms with Crippen LogP contribution in [0.15, 0.2) is 54.7 Å². The highest BCUT2D eigenvalue weighted by Gasteiger charge is 2.09. The maximum Gasteiger partial charge on any atom is 0.338 e. The Morgan fingerprint density at radius 3 is 2.48 bits per heavy atom. The van der Waals surface area contributed by atoms with Crippen molar-refractivity contribution >= 4 is 29.1 Å². The summed E-state index contributed by atoms with van der Waals surface area (Å²) in [7, 11) is 3.19. The summed E-state index contributed by atoms with van der Waals surface area (Å²) in [5, 5.41) is 6.31. The second-order valence-corrected chi connectivity index (χ2v) is 5.88. The van der Waals surface area contributed by atoms with Gasteiger partial charge in [-0.25, -0.2) is 9.78 Å². The Bertz CT molecular complexity index is 977. The van der Waals surface area contributed by atoms with Crippen molar-refractivity contribution in [2.75, 3.05) is 31.5 Å². The number of methoxy groups -OCH3 is 2. The summed E-state index contributed by atoms with van der Waals surface area (Å²) in [5.41, 5.74) is 1.96. The lowest BCUT2D eigenvalue weighted by molar-refractivity contribution is 0.0526. The Morgan fingerprint density at radius 1 is 1.00 bits per heavy atom. The van der Waals surface area contributed by atoms with Gasteiger partial charge in [-0.05, 0) is 49.4 Å². The van der Waals surface area contributed by atoms with E-state index in [1.807, 2.05) is 6.07 Å². The standard InChI is InChI=1S/C21H22N4O4/c1-4-29-20(26)14-5-7-15(8-6-14)23-19-11-12-22-21(25-19)24-17-13-16(27-2)9-10-18(17)28-3/h5-13H,4H2,1-3H3,(H2,22,23,24,25). The fourth-order valence-electron chi connectivity index (χ4n) is 2.57. The van der Waals surface area contributed by atoms with Crippen LogP contribution in [0.25, 0.3) is 0 Å². The number of carbonyl (C=O) groups is 1. The molecule has 0 unspecified atom stereocenters. The molecule has 8 heteroatoms. The average molecular weight is 394 g/mol. The Labute approximate surface area is 168 Å². The zero-order valence-electron chi connectivity index (χ0n) is 16.4. The average Bonchev–Trinajstić information content (AvgIpc) is 2.74. The third kappa shape index (κ3) is 5.13. The van der Waals surface area contributed by atoms with Crippen molar-refractivity contribution in [1.29, 1.82) is 0 Å². The highest BCUT2D eigenvalue weighted by atomic mass is 16.5. The van der Waals surface area contributed by atoms with Gasteiger partial charge in [-0.1, -0.05) is 0 Å². The molecule has 0 fully saturated rings. The van der Waals surface area contributed by atoms with Gasteiger partial charge < -0.3 is 24.8 Å². The Hall–Kier alpha value is -3.81. The molecular formula is C21H22N4O4. The first-order valence-electron chi connectivity index (χ1n) is 8.99. The zero-order chi connectivity index (χ0) is 20.6. The van der Waals surface area contributed by atoms with Crippen LogP contribution in [-0.2, 0) is 4.74 Å². The van der Waals surface area contributed by atoms with E-state index >= 15 is 0 Å². The molecule has 0 bridgehead atoms. The minimum Gasteiger partial charge on any atom is -0.497 e. The molecule has 0 aliphatic rings. The molecule has 0 amide bonds. The third-order valence-corrected chi connectivity index (χ3v) is 3.98. The topological polar surface area (TPSA) is 94.6 Å². The van der Waals surface area contributed by atoms with Crippen LogP contribution >= 0.6 is 0 Å². The van der Waals surface area contributed by atoms with Crippen LogP contribution in [0.3, 0.4) is 0 Å². The van der Waals surface area contributed by atoms with Crippen LogP contribution in [0, 0.1) is 0 Å². The van der Waals surface area contributed by atoms with Gasteiger partial charge in [-0.3, -0.25) is 0 Å². The molecule has 1 heterocycles. The van der Waals surface area contributed by atoms with Crippen LogP contribution < -0.4 is 20.1 Å². The molecule has 150 valence electrons. The lowest BCUT2D eigenvalue weighted by atomic mass is 10.2. The number of hydrogen-bond donors (Lipinski definition) is 2. The lowest BCUT2D eigenvalue weighted by Gasteiger charge is -2.12. The molecule has 0 aliphatic carbocycles. The molecule has 1 aromatic heterocycles. The molecule has 3 aromatic rings. The summed E-state index contributed by atoms with van der Waals surface area (Å²) in [6.07, 6.45) is 1.64. The number of hydrogen-bond acceptors (Lipinski definition) is 8. The van der Waals surface area contributed by atoms with Crippen LogP contribution in [0.2, 0.25) is 0 Å². The number of nitrogens with one attached hydrogen (secondary N) is 2. The normalized spacial score (nSPS) is 10.2. The minimum absolute atomic E-state index is 0.341. The lowest BCUT2D eigenvalue weighted by Crippen LogP contribution is -2.04. The van der Waals surface area contributed by atoms with Crippen LogP contribution in [0.4, 0.5) is 23.1 Å². The van der Waals surface area contributed by atoms with Crippen LogP contribution in [-0.4, -0.2) is 36.8 Å². The predicted octanol–water partition coefficient (Wildman–Crippen LogP) is 4.16. The Kier molecular flexibility index (Phi) is 6.47. The highest BCUT2D eigenvalue weighted by molar-refractivity contribution is 5.89. The van der Waals surface area contributed by atoms with Gasteiger partial charge >= 0.3 is 5.97 Å². The molecular weight excluding hydrogens is 372 g/mol. The summed E-state index contributed by atoms with van der Waals surface area (Å²) in [6, 6.07) is 14.1. The van der Waals surface area contributed by atoms with E-state index in [0.717, 1.165) is 5.69 Å². The van der Waals surface area contributed by atoms with Crippen LogP contribution in [0.1, 0.15) is 17.3 Å². The summed E-state index contributed by atoms with van der Waals surface area (Å²) >= 11 is 0. The quantitative estimate of drug-likeness (QED) is 0.550. The molecule has 0 atom stereocenters. The van der Waals surface area contributed by atoms with E-state index in [2.05, 4.69) is 20.6 Å². The number of rotatable bonds is 8. The number of aromatic nitrogens is 2. The molecule has 8 nitrogen and oxygen atoms in total. The first-order valence-corrected chi connectivity index (χ1v) is 8.99. The molecule has 0 aliphatic heterocycles. The van der Waals surface area contributed by atoms with E-state index in [1.165, 1.54) is 0 Å². The van der Waals surface area contributed by atoms with Gasteiger partial charge in [0.1, 0.15) is 17.3 Å². The maximum atomic E-state index is 11.7. The van der Waals surface area contributed by atoms with Gasteiger partial charge in [-0.15, -0.1) is 0 Å². The van der Waals surface area contributed by atoms with E-state index in [-0.39, 0.29) is 5.97 Å². The number of anilines is 4. The number of carbonyl (C=O) groups excluding carboxylic acids is 1. The highest BCUT2D eigenvalue weighted by Crippen LogP contribution is 2.30. The monoisotopic (exact) mass is 394 g/mol. The largest absolute Gasteiger partial charge is 0.497 e. The molecule has 0 saturated carbocycles. The van der Waals surface area contributed by atoms with Gasteiger partial charge in [0, 0.05) is 18.0 Å². The van der Waals surface area contributed by atoms with Crippen molar-refractivity contribution in [3.63, 3.8) is 0 Å². The van der Waals surface area contributed by atoms with Gasteiger partial charge in [0.25, 0.3) is 0 Å². The van der Waals surface area contributed by atoms with E-state index < -0.39 is 0 Å². The number of ether oxygens (including phenoxy) is 3. The second kappa shape index (κ2) is 9.41. The number of benzene rings is 2. The van der Waals surface area contributed by atoms with Gasteiger partial charge in [0.05, 0.1) is 32.1 Å². The molecule has 2 N–H and O–H groups in total. The van der Waals surface area contributed by atoms with Crippen molar-refractivity contribution in [1.82, 2.24) is 9.97 Å². The van der Waals surface area contributed by atoms with Gasteiger partial charge in [0.2, 0.25) is 5.95 Å². The summed E-state index contributed by atoms with van der Waals surface area (Å²) < 4.78 is 15.6. The maximum absolute atomic E-state index is 11.7. The summed E-state index contributed by atoms with van der Waals surface area (Å²) in [4.78, 5) is 20.4. The first-order chi connectivity index (χ1) is 14.1. The van der Waals surface area contributed by atoms with Gasteiger partial charge in [0.15, 0.2) is 0 Å². The molecule has 0 radical (unpaired) electrons. The van der Waals surface area contributed by atoms with Crippen molar-refractivity contribution in [3.05, 3.63) is 60.3 Å². The Morgan fingerprint density at radius 2 is 1.79 bits per heavy atom. The molecule has 0 saturated heterocycles. The fraction of sp³-hybridized carbons (Fsp3) is 0.190. The smallest absolute Gasteiger partial charge is 0.338 e. The fourth-order valence-corrected chi connectivity index (χ4v) is 2.57. The van der Waals surface area contributed by atoms with Gasteiger partial charge in [-0.2, -0.15) is 4.98 Å². The predicted molar refractivity (Wildman–Crippen MR) is 111 cm³/mol. The van der Waals surface area contributed by atoms with E-state index in [9.17, 15) is 4.79 Å². The molecule has 0 spiro atoms. The number of esters is 1. The van der Waals surface area contributed by atoms with Crippen molar-refractivity contribution < 1.29 is 19.0 Å². The minimum atomic E-state index is -0.347. The summed E-state index contributed by atoms with van der Waals surface area (Å²) in [5.74, 6) is 1.96. The van der Waals surface area contributed by atoms with E-state index in [4.69, 9.17) is 14.2 Å². The SMILES string of the molecule is CCOC(=O)c1ccc(Nc2ccnc(Nc3cc(OC)ccc3OC)n2)cc1. The van der Waals surface area contributed by atoms with Crippen molar-refractivity contribution in [2.45, 2.75) is 6.92 Å². The summed E-state index contributed by atoms with van der Waals surface area (Å²) in [6.45, 7) is 2.11. The molecule has 29 heavy (non-hydrogen) atoms. The third-order valence-electron chi connectivity index (χ3n) is 3.98. The molecule has 2 aromatic carbocycles. The van der Waals surface area contributed by atoms with Crippen molar-refractivity contribution in [2.24, 2.45) is 0 Å². The number of nitrogens with zero attached hydrogens (tertiary/aromatic N) is 2. The van der Waals surface area contributed by atoms with Crippen molar-refractivity contribution in [3.8, 4) is 11.5 Å². The van der Waals surface area contributed by atoms with E-state index in [0.29, 0.717) is 41.1 Å². The molecule has 3 rings (SSSR count). The van der Waals surface area contributed by atoms with Crippen LogP contribution in [0.5, 0.6) is 11.5 Å². The first kappa shape index (κ1) is 19.9. The zero-order valence-corrected chi connectivity index (χ0v) is 16.4. The second-order valence-electron chi connectivity index (χ2n) is 5.88.